The van der Waals surface area contributed by atoms with Crippen molar-refractivity contribution in [2.45, 2.75) is 22.5 Å². The van der Waals surface area contributed by atoms with Crippen LogP contribution in [0.15, 0.2) is 76.8 Å². The van der Waals surface area contributed by atoms with E-state index in [1.54, 1.807) is 43.2 Å². The predicted octanol–water partition coefficient (Wildman–Crippen LogP) is 4.39. The Morgan fingerprint density at radius 3 is 2.54 bits per heavy atom. The summed E-state index contributed by atoms with van der Waals surface area (Å²) in [4.78, 5) is 15.3. The minimum atomic E-state index is -3.94. The van der Waals surface area contributed by atoms with E-state index in [1.807, 2.05) is 24.3 Å². The largest absolute Gasteiger partial charge is 0.280 e. The van der Waals surface area contributed by atoms with Gasteiger partial charge in [0.25, 0.3) is 15.7 Å². The second-order valence-electron chi connectivity index (χ2n) is 5.99. The number of nitro benzene ring substituents is 1. The predicted molar refractivity (Wildman–Crippen MR) is 109 cm³/mol. The molecule has 1 aromatic heterocycles. The quantitative estimate of drug-likeness (QED) is 0.349. The Kier molecular flexibility index (Phi) is 5.96. The van der Waals surface area contributed by atoms with Crippen LogP contribution in [-0.4, -0.2) is 18.3 Å². The van der Waals surface area contributed by atoms with Crippen LogP contribution in [0.5, 0.6) is 0 Å². The van der Waals surface area contributed by atoms with Gasteiger partial charge in [-0.2, -0.15) is 0 Å². The van der Waals surface area contributed by atoms with E-state index in [0.717, 1.165) is 22.3 Å². The topological polar surface area (TPSA) is 102 Å². The van der Waals surface area contributed by atoms with Crippen molar-refractivity contribution >= 4 is 33.2 Å². The zero-order valence-electron chi connectivity index (χ0n) is 14.9. The van der Waals surface area contributed by atoms with Crippen LogP contribution in [0.1, 0.15) is 11.1 Å². The molecule has 3 aromatic rings. The average Bonchev–Trinajstić information content (AvgIpc) is 2.68. The van der Waals surface area contributed by atoms with Gasteiger partial charge in [0, 0.05) is 40.9 Å². The van der Waals surface area contributed by atoms with Crippen molar-refractivity contribution in [1.82, 2.24) is 4.98 Å². The van der Waals surface area contributed by atoms with Crippen LogP contribution >= 0.6 is 11.8 Å². The van der Waals surface area contributed by atoms with Crippen LogP contribution in [0.3, 0.4) is 0 Å². The minimum Gasteiger partial charge on any atom is -0.280 e. The zero-order chi connectivity index (χ0) is 20.1. The fourth-order valence-corrected chi connectivity index (χ4v) is 4.63. The molecule has 0 radical (unpaired) electrons. The summed E-state index contributed by atoms with van der Waals surface area (Å²) < 4.78 is 27.8. The smallest absolute Gasteiger partial charge is 0.270 e. The fraction of sp³-hybridized carbons (Fsp3) is 0.105. The van der Waals surface area contributed by atoms with E-state index >= 15 is 0 Å². The number of hydrogen-bond donors (Lipinski definition) is 1. The van der Waals surface area contributed by atoms with Crippen molar-refractivity contribution in [3.8, 4) is 0 Å². The average molecular weight is 415 g/mol. The zero-order valence-corrected chi connectivity index (χ0v) is 16.5. The number of nitrogens with one attached hydrogen (secondary N) is 1. The molecule has 0 atom stereocenters. The molecule has 0 saturated heterocycles. The molecular weight excluding hydrogens is 398 g/mol. The lowest BCUT2D eigenvalue weighted by atomic mass is 10.2. The number of sulfonamides is 1. The maximum atomic E-state index is 12.6. The Morgan fingerprint density at radius 2 is 1.89 bits per heavy atom. The molecule has 7 nitrogen and oxygen atoms in total. The first-order valence-corrected chi connectivity index (χ1v) is 10.7. The molecular formula is C19H17N3O4S2. The molecule has 28 heavy (non-hydrogen) atoms. The van der Waals surface area contributed by atoms with Gasteiger partial charge >= 0.3 is 0 Å². The Morgan fingerprint density at radius 1 is 1.14 bits per heavy atom. The Hall–Kier alpha value is -2.91. The Bertz CT molecular complexity index is 1090. The number of rotatable bonds is 7. The third-order valence-electron chi connectivity index (χ3n) is 3.91. The van der Waals surface area contributed by atoms with Crippen LogP contribution in [0.2, 0.25) is 0 Å². The molecule has 0 aliphatic carbocycles. The lowest BCUT2D eigenvalue weighted by Gasteiger charge is -2.11. The van der Waals surface area contributed by atoms with Gasteiger partial charge in [0.1, 0.15) is 0 Å². The van der Waals surface area contributed by atoms with Crippen LogP contribution < -0.4 is 4.72 Å². The van der Waals surface area contributed by atoms with E-state index in [0.29, 0.717) is 11.3 Å². The fourth-order valence-electron chi connectivity index (χ4n) is 2.47. The molecule has 2 aromatic carbocycles. The van der Waals surface area contributed by atoms with Gasteiger partial charge in [-0.25, -0.2) is 8.42 Å². The maximum absolute atomic E-state index is 12.6. The first kappa shape index (κ1) is 19.8. The highest BCUT2D eigenvalue weighted by molar-refractivity contribution is 7.98. The molecule has 3 rings (SSSR count). The van der Waals surface area contributed by atoms with Crippen LogP contribution in [0.25, 0.3) is 0 Å². The second kappa shape index (κ2) is 8.41. The summed E-state index contributed by atoms with van der Waals surface area (Å²) in [5, 5.41) is 10.9. The third-order valence-corrected chi connectivity index (χ3v) is 6.51. The normalized spacial score (nSPS) is 11.2. The number of anilines is 1. The van der Waals surface area contributed by atoms with Crippen LogP contribution in [-0.2, 0) is 15.8 Å². The summed E-state index contributed by atoms with van der Waals surface area (Å²) in [7, 11) is -3.94. The summed E-state index contributed by atoms with van der Waals surface area (Å²) in [6, 6.07) is 14.6. The molecule has 0 spiro atoms. The van der Waals surface area contributed by atoms with E-state index in [-0.39, 0.29) is 10.6 Å². The molecule has 144 valence electrons. The first-order valence-electron chi connectivity index (χ1n) is 8.25. The third kappa shape index (κ3) is 4.87. The number of pyridine rings is 1. The van der Waals surface area contributed by atoms with Crippen LogP contribution in [0.4, 0.5) is 11.4 Å². The molecule has 1 heterocycles. The molecule has 0 saturated carbocycles. The number of non-ortho nitro benzene ring substituents is 1. The van der Waals surface area contributed by atoms with Crippen molar-refractivity contribution in [3.05, 3.63) is 88.2 Å². The molecule has 0 bridgehead atoms. The lowest BCUT2D eigenvalue weighted by Crippen LogP contribution is -2.14. The SMILES string of the molecule is Cc1ccc([N+](=O)[O-])cc1S(=O)(=O)Nc1ccc(SCc2cccnc2)cc1. The van der Waals surface area contributed by atoms with Crippen LogP contribution in [0, 0.1) is 17.0 Å². The van der Waals surface area contributed by atoms with E-state index in [1.165, 1.54) is 12.1 Å². The van der Waals surface area contributed by atoms with Crippen molar-refractivity contribution < 1.29 is 13.3 Å². The number of thioether (sulfide) groups is 1. The van der Waals surface area contributed by atoms with E-state index in [9.17, 15) is 18.5 Å². The molecule has 1 N–H and O–H groups in total. The highest BCUT2D eigenvalue weighted by Crippen LogP contribution is 2.27. The van der Waals surface area contributed by atoms with Gasteiger partial charge in [-0.1, -0.05) is 12.1 Å². The molecule has 9 heteroatoms. The second-order valence-corrected chi connectivity index (χ2v) is 8.69. The van der Waals surface area contributed by atoms with E-state index in [4.69, 9.17) is 0 Å². The minimum absolute atomic E-state index is 0.114. The summed E-state index contributed by atoms with van der Waals surface area (Å²) in [5.74, 6) is 0.756. The monoisotopic (exact) mass is 415 g/mol. The van der Waals surface area contributed by atoms with E-state index < -0.39 is 14.9 Å². The number of aryl methyl sites for hydroxylation is 1. The van der Waals surface area contributed by atoms with Gasteiger partial charge in [-0.15, -0.1) is 11.8 Å². The van der Waals surface area contributed by atoms with E-state index in [2.05, 4.69) is 9.71 Å². The number of nitrogens with zero attached hydrogens (tertiary/aromatic N) is 2. The standard InChI is InChI=1S/C19H17N3O4S2/c1-14-4-7-17(22(23)24)11-19(14)28(25,26)21-16-5-8-18(9-6-16)27-13-15-3-2-10-20-12-15/h2-12,21H,13H2,1H3. The van der Waals surface area contributed by atoms with Gasteiger partial charge in [-0.3, -0.25) is 19.8 Å². The maximum Gasteiger partial charge on any atom is 0.270 e. The van der Waals surface area contributed by atoms with Crippen molar-refractivity contribution in [1.29, 1.82) is 0 Å². The van der Waals surface area contributed by atoms with Gasteiger partial charge in [0.2, 0.25) is 0 Å². The van der Waals surface area contributed by atoms with Gasteiger partial charge in [-0.05, 0) is 48.4 Å². The highest BCUT2D eigenvalue weighted by Gasteiger charge is 2.20. The molecule has 0 fully saturated rings. The summed E-state index contributed by atoms with van der Waals surface area (Å²) in [5.41, 5.74) is 1.64. The van der Waals surface area contributed by atoms with Gasteiger partial charge in [0.15, 0.2) is 0 Å². The molecule has 0 unspecified atom stereocenters. The highest BCUT2D eigenvalue weighted by atomic mass is 32.2. The van der Waals surface area contributed by atoms with Gasteiger partial charge < -0.3 is 0 Å². The number of benzene rings is 2. The number of hydrogen-bond acceptors (Lipinski definition) is 6. The van der Waals surface area contributed by atoms with Crippen molar-refractivity contribution in [2.24, 2.45) is 0 Å². The number of nitro groups is 1. The van der Waals surface area contributed by atoms with Crippen molar-refractivity contribution in [3.63, 3.8) is 0 Å². The summed E-state index contributed by atoms with van der Waals surface area (Å²) in [6.45, 7) is 1.59. The Balaban J connectivity index is 1.72. The first-order chi connectivity index (χ1) is 13.3. The Labute approximate surface area is 167 Å². The lowest BCUT2D eigenvalue weighted by molar-refractivity contribution is -0.385. The van der Waals surface area contributed by atoms with Crippen molar-refractivity contribution in [2.75, 3.05) is 4.72 Å². The number of aromatic nitrogens is 1. The molecule has 0 amide bonds. The summed E-state index contributed by atoms with van der Waals surface area (Å²) in [6.07, 6.45) is 3.52. The summed E-state index contributed by atoms with van der Waals surface area (Å²) >= 11 is 1.61. The molecule has 0 aliphatic heterocycles. The van der Waals surface area contributed by atoms with Gasteiger partial charge in [0.05, 0.1) is 9.82 Å². The molecule has 0 aliphatic rings.